The number of halogens is 1. The van der Waals surface area contributed by atoms with Gasteiger partial charge in [0.1, 0.15) is 11.4 Å². The van der Waals surface area contributed by atoms with Crippen LogP contribution in [0.4, 0.5) is 5.69 Å². The second kappa shape index (κ2) is 4.06. The summed E-state index contributed by atoms with van der Waals surface area (Å²) in [6.07, 6.45) is 0. The number of rotatable bonds is 2. The van der Waals surface area contributed by atoms with Gasteiger partial charge in [-0.1, -0.05) is 17.7 Å². The van der Waals surface area contributed by atoms with Gasteiger partial charge in [-0.15, -0.1) is 0 Å². The highest BCUT2D eigenvalue weighted by Crippen LogP contribution is 2.30. The number of hydrogen-bond donors (Lipinski definition) is 1. The van der Waals surface area contributed by atoms with Crippen molar-refractivity contribution in [2.75, 3.05) is 5.73 Å². The minimum absolute atomic E-state index is 0.528. The molecule has 1 aromatic carbocycles. The van der Waals surface area contributed by atoms with Crippen LogP contribution in [0.25, 0.3) is 0 Å². The zero-order chi connectivity index (χ0) is 11.7. The van der Waals surface area contributed by atoms with Crippen LogP contribution in [0.5, 0.6) is 11.6 Å². The van der Waals surface area contributed by atoms with Crippen LogP contribution >= 0.6 is 11.6 Å². The van der Waals surface area contributed by atoms with Gasteiger partial charge in [-0.3, -0.25) is 0 Å². The molecule has 84 valence electrons. The van der Waals surface area contributed by atoms with Crippen molar-refractivity contribution in [1.82, 2.24) is 9.78 Å². The third kappa shape index (κ3) is 1.97. The van der Waals surface area contributed by atoms with Crippen LogP contribution in [0.3, 0.4) is 0 Å². The number of ether oxygens (including phenoxy) is 1. The van der Waals surface area contributed by atoms with Crippen molar-refractivity contribution in [3.05, 3.63) is 35.0 Å². The average Bonchev–Trinajstić information content (AvgIpc) is 2.45. The third-order valence-corrected chi connectivity index (χ3v) is 2.46. The average molecular weight is 238 g/mol. The summed E-state index contributed by atoms with van der Waals surface area (Å²) < 4.78 is 7.24. The second-order valence-corrected chi connectivity index (χ2v) is 3.92. The van der Waals surface area contributed by atoms with E-state index in [0.29, 0.717) is 22.3 Å². The lowest BCUT2D eigenvalue weighted by atomic mass is 10.3. The van der Waals surface area contributed by atoms with Gasteiger partial charge in [0.2, 0.25) is 5.88 Å². The smallest absolute Gasteiger partial charge is 0.241 e. The fourth-order valence-corrected chi connectivity index (χ4v) is 1.60. The quantitative estimate of drug-likeness (QED) is 0.874. The number of nitrogens with two attached hydrogens (primary N) is 1. The molecule has 0 atom stereocenters. The normalized spacial score (nSPS) is 10.4. The van der Waals surface area contributed by atoms with Crippen LogP contribution in [0.15, 0.2) is 24.3 Å². The molecule has 0 radical (unpaired) electrons. The number of aryl methyl sites for hydroxylation is 2. The molecular formula is C11H12ClN3O. The maximum absolute atomic E-state index is 5.86. The molecule has 0 unspecified atom stereocenters. The van der Waals surface area contributed by atoms with Crippen LogP contribution < -0.4 is 10.5 Å². The Hall–Kier alpha value is -1.68. The topological polar surface area (TPSA) is 53.1 Å². The van der Waals surface area contributed by atoms with Crippen LogP contribution in [0.1, 0.15) is 5.69 Å². The Bertz CT molecular complexity index is 522. The van der Waals surface area contributed by atoms with Crippen molar-refractivity contribution < 1.29 is 4.74 Å². The summed E-state index contributed by atoms with van der Waals surface area (Å²) in [5.41, 5.74) is 7.14. The molecule has 0 aliphatic carbocycles. The standard InChI is InChI=1S/C11H12ClN3O/c1-7-10(13)11(15(2)14-7)16-9-5-3-4-8(12)6-9/h3-6H,13H2,1-2H3. The molecule has 0 bridgehead atoms. The second-order valence-electron chi connectivity index (χ2n) is 3.49. The van der Waals surface area contributed by atoms with Gasteiger partial charge in [0.15, 0.2) is 0 Å². The first kappa shape index (κ1) is 10.8. The Labute approximate surface area is 98.6 Å². The van der Waals surface area contributed by atoms with Gasteiger partial charge in [-0.05, 0) is 25.1 Å². The molecule has 5 heteroatoms. The van der Waals surface area contributed by atoms with Gasteiger partial charge in [0.05, 0.1) is 5.69 Å². The highest BCUT2D eigenvalue weighted by atomic mass is 35.5. The highest BCUT2D eigenvalue weighted by molar-refractivity contribution is 6.30. The monoisotopic (exact) mass is 237 g/mol. The van der Waals surface area contributed by atoms with E-state index in [1.165, 1.54) is 0 Å². The Morgan fingerprint density at radius 1 is 1.44 bits per heavy atom. The largest absolute Gasteiger partial charge is 0.437 e. The predicted molar refractivity (Wildman–Crippen MR) is 63.9 cm³/mol. The molecule has 0 saturated carbocycles. The van der Waals surface area contributed by atoms with Gasteiger partial charge in [-0.2, -0.15) is 5.10 Å². The minimum atomic E-state index is 0.528. The van der Waals surface area contributed by atoms with E-state index in [2.05, 4.69) is 5.10 Å². The Kier molecular flexibility index (Phi) is 2.75. The molecule has 1 heterocycles. The molecule has 0 amide bonds. The number of anilines is 1. The molecule has 0 aliphatic rings. The van der Waals surface area contributed by atoms with Crippen LogP contribution in [0.2, 0.25) is 5.02 Å². The van der Waals surface area contributed by atoms with Gasteiger partial charge in [0, 0.05) is 12.1 Å². The summed E-state index contributed by atoms with van der Waals surface area (Å²) in [6, 6.07) is 7.14. The number of hydrogen-bond acceptors (Lipinski definition) is 3. The number of benzene rings is 1. The van der Waals surface area contributed by atoms with E-state index in [4.69, 9.17) is 22.1 Å². The fraction of sp³-hybridized carbons (Fsp3) is 0.182. The van der Waals surface area contributed by atoms with Gasteiger partial charge < -0.3 is 10.5 Å². The Balaban J connectivity index is 2.34. The van der Waals surface area contributed by atoms with Crippen molar-refractivity contribution in [2.24, 2.45) is 7.05 Å². The molecule has 0 spiro atoms. The summed E-state index contributed by atoms with van der Waals surface area (Å²) in [4.78, 5) is 0. The van der Waals surface area contributed by atoms with Crippen molar-refractivity contribution >= 4 is 17.3 Å². The van der Waals surface area contributed by atoms with Gasteiger partial charge in [0.25, 0.3) is 0 Å². The van der Waals surface area contributed by atoms with E-state index in [1.54, 1.807) is 23.9 Å². The first-order valence-electron chi connectivity index (χ1n) is 4.80. The molecular weight excluding hydrogens is 226 g/mol. The van der Waals surface area contributed by atoms with E-state index < -0.39 is 0 Å². The van der Waals surface area contributed by atoms with E-state index in [9.17, 15) is 0 Å². The number of aromatic nitrogens is 2. The highest BCUT2D eigenvalue weighted by Gasteiger charge is 2.12. The molecule has 2 aromatic rings. The predicted octanol–water partition coefficient (Wildman–Crippen LogP) is 2.76. The Morgan fingerprint density at radius 3 is 2.75 bits per heavy atom. The summed E-state index contributed by atoms with van der Waals surface area (Å²) in [5, 5.41) is 4.78. The SMILES string of the molecule is Cc1nn(C)c(Oc2cccc(Cl)c2)c1N. The van der Waals surface area contributed by atoms with Crippen molar-refractivity contribution in [3.63, 3.8) is 0 Å². The zero-order valence-electron chi connectivity index (χ0n) is 9.07. The van der Waals surface area contributed by atoms with E-state index >= 15 is 0 Å². The summed E-state index contributed by atoms with van der Waals surface area (Å²) in [6.45, 7) is 1.83. The maximum Gasteiger partial charge on any atom is 0.241 e. The molecule has 0 fully saturated rings. The van der Waals surface area contributed by atoms with Crippen molar-refractivity contribution in [2.45, 2.75) is 6.92 Å². The molecule has 0 aliphatic heterocycles. The Morgan fingerprint density at radius 2 is 2.19 bits per heavy atom. The van der Waals surface area contributed by atoms with Crippen LogP contribution in [-0.2, 0) is 7.05 Å². The van der Waals surface area contributed by atoms with Crippen molar-refractivity contribution in [3.8, 4) is 11.6 Å². The minimum Gasteiger partial charge on any atom is -0.437 e. The van der Waals surface area contributed by atoms with Gasteiger partial charge >= 0.3 is 0 Å². The van der Waals surface area contributed by atoms with Crippen LogP contribution in [-0.4, -0.2) is 9.78 Å². The summed E-state index contributed by atoms with van der Waals surface area (Å²) in [7, 11) is 1.78. The number of nitrogens with zero attached hydrogens (tertiary/aromatic N) is 2. The lowest BCUT2D eigenvalue weighted by molar-refractivity contribution is 0.432. The van der Waals surface area contributed by atoms with E-state index in [-0.39, 0.29) is 0 Å². The maximum atomic E-state index is 5.86. The number of nitrogen functional groups attached to an aromatic ring is 1. The van der Waals surface area contributed by atoms with E-state index in [1.807, 2.05) is 19.1 Å². The molecule has 1 aromatic heterocycles. The molecule has 2 rings (SSSR count). The zero-order valence-corrected chi connectivity index (χ0v) is 9.82. The van der Waals surface area contributed by atoms with Gasteiger partial charge in [-0.25, -0.2) is 4.68 Å². The van der Waals surface area contributed by atoms with Crippen molar-refractivity contribution in [1.29, 1.82) is 0 Å². The van der Waals surface area contributed by atoms with E-state index in [0.717, 1.165) is 5.69 Å². The molecule has 4 nitrogen and oxygen atoms in total. The summed E-state index contributed by atoms with van der Waals surface area (Å²) in [5.74, 6) is 1.17. The molecule has 2 N–H and O–H groups in total. The fourth-order valence-electron chi connectivity index (χ4n) is 1.42. The first-order valence-corrected chi connectivity index (χ1v) is 5.18. The lowest BCUT2D eigenvalue weighted by Gasteiger charge is -2.06. The molecule has 0 saturated heterocycles. The first-order chi connectivity index (χ1) is 7.58. The lowest BCUT2D eigenvalue weighted by Crippen LogP contribution is -1.96. The molecule has 16 heavy (non-hydrogen) atoms. The summed E-state index contributed by atoms with van der Waals surface area (Å²) >= 11 is 5.86. The third-order valence-electron chi connectivity index (χ3n) is 2.22. The van der Waals surface area contributed by atoms with Crippen LogP contribution in [0, 0.1) is 6.92 Å².